The van der Waals surface area contributed by atoms with Crippen molar-refractivity contribution in [2.24, 2.45) is 0 Å². The topological polar surface area (TPSA) is 51.0 Å². The molecule has 4 rings (SSSR count). The third-order valence-electron chi connectivity index (χ3n) is 4.47. The van der Waals surface area contributed by atoms with Crippen LogP contribution in [0.15, 0.2) is 35.3 Å². The number of rotatable bonds is 3. The lowest BCUT2D eigenvalue weighted by Crippen LogP contribution is -2.39. The first-order valence-corrected chi connectivity index (χ1v) is 9.71. The Labute approximate surface area is 158 Å². The van der Waals surface area contributed by atoms with Crippen molar-refractivity contribution in [3.8, 4) is 0 Å². The minimum atomic E-state index is -0.359. The molecule has 8 heteroatoms. The van der Waals surface area contributed by atoms with E-state index in [1.54, 1.807) is 11.3 Å². The van der Waals surface area contributed by atoms with Crippen LogP contribution in [-0.4, -0.2) is 26.2 Å². The molecule has 0 amide bonds. The van der Waals surface area contributed by atoms with Gasteiger partial charge in [0.15, 0.2) is 0 Å². The second kappa shape index (κ2) is 7.03. The molecule has 3 heterocycles. The number of thiazole rings is 1. The lowest BCUT2D eigenvalue weighted by Gasteiger charge is -2.34. The third-order valence-corrected chi connectivity index (χ3v) is 6.35. The van der Waals surface area contributed by atoms with E-state index in [1.165, 1.54) is 15.6 Å². The number of hydrogen-bond acceptors (Lipinski definition) is 5. The molecule has 0 radical (unpaired) electrons. The monoisotopic (exact) mass is 394 g/mol. The Bertz CT molecular complexity index is 938. The Balaban J connectivity index is 1.65. The van der Waals surface area contributed by atoms with Gasteiger partial charge in [0.05, 0.1) is 34.1 Å². The maximum Gasteiger partial charge on any atom is 0.288 e. The summed E-state index contributed by atoms with van der Waals surface area (Å²) in [6, 6.07) is 8.35. The maximum absolute atomic E-state index is 12.3. The van der Waals surface area contributed by atoms with Crippen LogP contribution < -0.4 is 5.56 Å². The number of fused-ring (bicyclic) bond motifs is 1. The van der Waals surface area contributed by atoms with Gasteiger partial charge in [-0.2, -0.15) is 5.10 Å². The highest BCUT2D eigenvalue weighted by Gasteiger charge is 2.27. The highest BCUT2D eigenvalue weighted by atomic mass is 35.5. The van der Waals surface area contributed by atoms with Crippen molar-refractivity contribution in [2.45, 2.75) is 32.0 Å². The average molecular weight is 395 g/mol. The van der Waals surface area contributed by atoms with Crippen molar-refractivity contribution in [3.05, 3.63) is 55.9 Å². The Morgan fingerprint density at radius 3 is 2.92 bits per heavy atom. The summed E-state index contributed by atoms with van der Waals surface area (Å²) in [5, 5.41) is 5.43. The fraction of sp³-hybridized carbons (Fsp3) is 0.353. The Kier molecular flexibility index (Phi) is 4.78. The van der Waals surface area contributed by atoms with Crippen LogP contribution in [-0.2, 0) is 6.67 Å². The van der Waals surface area contributed by atoms with Gasteiger partial charge in [-0.1, -0.05) is 41.8 Å². The van der Waals surface area contributed by atoms with Crippen LogP contribution in [0.2, 0.25) is 10.0 Å². The molecule has 0 spiro atoms. The maximum atomic E-state index is 12.3. The van der Waals surface area contributed by atoms with E-state index >= 15 is 0 Å². The molecule has 0 N–H and O–H groups in total. The van der Waals surface area contributed by atoms with E-state index in [1.807, 2.05) is 18.2 Å². The van der Waals surface area contributed by atoms with Gasteiger partial charge in [0, 0.05) is 6.54 Å². The van der Waals surface area contributed by atoms with E-state index in [9.17, 15) is 4.79 Å². The van der Waals surface area contributed by atoms with Crippen molar-refractivity contribution < 1.29 is 0 Å². The van der Waals surface area contributed by atoms with Gasteiger partial charge < -0.3 is 0 Å². The second-order valence-corrected chi connectivity index (χ2v) is 7.94. The zero-order valence-electron chi connectivity index (χ0n) is 13.4. The van der Waals surface area contributed by atoms with Crippen LogP contribution in [0.4, 0.5) is 0 Å². The van der Waals surface area contributed by atoms with Crippen LogP contribution in [0.1, 0.15) is 30.3 Å². The fourth-order valence-corrected chi connectivity index (χ4v) is 4.60. The molecule has 1 atom stereocenters. The molecule has 25 heavy (non-hydrogen) atoms. The van der Waals surface area contributed by atoms with Gasteiger partial charge in [-0.05, 0) is 25.0 Å². The predicted molar refractivity (Wildman–Crippen MR) is 101 cm³/mol. The molecule has 0 aliphatic carbocycles. The average Bonchev–Trinajstić information content (AvgIpc) is 3.06. The Morgan fingerprint density at radius 1 is 1.24 bits per heavy atom. The molecule has 1 saturated heterocycles. The van der Waals surface area contributed by atoms with E-state index in [0.29, 0.717) is 6.67 Å². The number of halogens is 2. The number of piperidine rings is 1. The molecule has 1 fully saturated rings. The Morgan fingerprint density at radius 2 is 2.08 bits per heavy atom. The van der Waals surface area contributed by atoms with Crippen molar-refractivity contribution in [1.82, 2.24) is 19.7 Å². The van der Waals surface area contributed by atoms with Gasteiger partial charge in [-0.25, -0.2) is 9.67 Å². The first-order chi connectivity index (χ1) is 12.1. The molecular formula is C17H16Cl2N4OS. The molecule has 1 aliphatic heterocycles. The molecular weight excluding hydrogens is 379 g/mol. The van der Waals surface area contributed by atoms with Crippen molar-refractivity contribution in [1.29, 1.82) is 0 Å². The minimum absolute atomic E-state index is 0.0187. The van der Waals surface area contributed by atoms with Gasteiger partial charge in [-0.15, -0.1) is 11.3 Å². The highest BCUT2D eigenvalue weighted by Crippen LogP contribution is 2.35. The molecule has 0 saturated carbocycles. The summed E-state index contributed by atoms with van der Waals surface area (Å²) >= 11 is 13.6. The van der Waals surface area contributed by atoms with E-state index < -0.39 is 0 Å². The minimum Gasteiger partial charge on any atom is -0.275 e. The third kappa shape index (κ3) is 3.31. The zero-order valence-corrected chi connectivity index (χ0v) is 15.7. The zero-order chi connectivity index (χ0) is 17.4. The van der Waals surface area contributed by atoms with Gasteiger partial charge >= 0.3 is 0 Å². The smallest absolute Gasteiger partial charge is 0.275 e. The number of hydrogen-bond donors (Lipinski definition) is 0. The molecule has 130 valence electrons. The van der Waals surface area contributed by atoms with Gasteiger partial charge in [0.2, 0.25) is 0 Å². The molecule has 1 aliphatic rings. The lowest BCUT2D eigenvalue weighted by atomic mass is 10.0. The number of benzene rings is 1. The summed E-state index contributed by atoms with van der Waals surface area (Å²) in [6.07, 6.45) is 4.69. The summed E-state index contributed by atoms with van der Waals surface area (Å²) in [5.41, 5.74) is 0.667. The molecule has 1 unspecified atom stereocenters. The van der Waals surface area contributed by atoms with E-state index in [2.05, 4.69) is 16.1 Å². The van der Waals surface area contributed by atoms with Crippen LogP contribution in [0.25, 0.3) is 10.2 Å². The summed E-state index contributed by atoms with van der Waals surface area (Å²) in [4.78, 5) is 19.3. The Hall–Kier alpha value is -1.47. The van der Waals surface area contributed by atoms with Crippen LogP contribution in [0.5, 0.6) is 0 Å². The number of nitrogens with zero attached hydrogens (tertiary/aromatic N) is 4. The SMILES string of the molecule is O=c1c(Cl)c(Cl)cnn1CN1CCCCC1c1nc2ccccc2s1. The molecule has 5 nitrogen and oxygen atoms in total. The van der Waals surface area contributed by atoms with Crippen molar-refractivity contribution in [2.75, 3.05) is 6.54 Å². The normalized spacial score (nSPS) is 18.7. The quantitative estimate of drug-likeness (QED) is 0.662. The highest BCUT2D eigenvalue weighted by molar-refractivity contribution is 7.18. The first-order valence-electron chi connectivity index (χ1n) is 8.14. The standard InChI is InChI=1S/C17H16Cl2N4OS/c18-11-9-20-23(17(24)15(11)19)10-22-8-4-3-6-13(22)16-21-12-5-1-2-7-14(12)25-16/h1-2,5,7,9,13H,3-4,6,8,10H2. The van der Waals surface area contributed by atoms with Crippen molar-refractivity contribution >= 4 is 44.8 Å². The summed E-state index contributed by atoms with van der Waals surface area (Å²) < 4.78 is 2.56. The number of para-hydroxylation sites is 1. The van der Waals surface area contributed by atoms with Crippen molar-refractivity contribution in [3.63, 3.8) is 0 Å². The van der Waals surface area contributed by atoms with E-state index in [-0.39, 0.29) is 21.6 Å². The summed E-state index contributed by atoms with van der Waals surface area (Å²) in [6.45, 7) is 1.28. The predicted octanol–water partition coefficient (Wildman–Crippen LogP) is 4.34. The fourth-order valence-electron chi connectivity index (χ4n) is 3.19. The van der Waals surface area contributed by atoms with Gasteiger partial charge in [0.25, 0.3) is 5.56 Å². The largest absolute Gasteiger partial charge is 0.288 e. The van der Waals surface area contributed by atoms with E-state index in [4.69, 9.17) is 28.2 Å². The number of likely N-dealkylation sites (tertiary alicyclic amines) is 1. The summed E-state index contributed by atoms with van der Waals surface area (Å²) in [7, 11) is 0. The summed E-state index contributed by atoms with van der Waals surface area (Å²) in [5.74, 6) is 0. The molecule has 0 bridgehead atoms. The second-order valence-electron chi connectivity index (χ2n) is 6.10. The van der Waals surface area contributed by atoms with Gasteiger partial charge in [0.1, 0.15) is 10.0 Å². The number of aromatic nitrogens is 3. The molecule has 3 aromatic rings. The molecule has 1 aromatic carbocycles. The van der Waals surface area contributed by atoms with E-state index in [0.717, 1.165) is 36.3 Å². The van der Waals surface area contributed by atoms with Crippen LogP contribution in [0.3, 0.4) is 0 Å². The van der Waals surface area contributed by atoms with Crippen LogP contribution in [0, 0.1) is 0 Å². The lowest BCUT2D eigenvalue weighted by molar-refractivity contribution is 0.101. The van der Waals surface area contributed by atoms with Crippen LogP contribution >= 0.6 is 34.5 Å². The first kappa shape index (κ1) is 17.0. The molecule has 2 aromatic heterocycles. The van der Waals surface area contributed by atoms with Gasteiger partial charge in [-0.3, -0.25) is 9.69 Å².